The molecule has 1 aliphatic carbocycles. The van der Waals surface area contributed by atoms with Crippen LogP contribution in [-0.2, 0) is 9.59 Å². The average Bonchev–Trinajstić information content (AvgIpc) is 2.78. The minimum absolute atomic E-state index is 0.0392. The molecule has 2 aliphatic rings. The van der Waals surface area contributed by atoms with E-state index >= 15 is 0 Å². The number of aryl methyl sites for hydroxylation is 1. The smallest absolute Gasteiger partial charge is 0.255 e. The van der Waals surface area contributed by atoms with E-state index in [-0.39, 0.29) is 17.6 Å². The van der Waals surface area contributed by atoms with Crippen molar-refractivity contribution < 1.29 is 19.1 Å². The van der Waals surface area contributed by atoms with E-state index in [1.807, 2.05) is 26.0 Å². The van der Waals surface area contributed by atoms with Gasteiger partial charge in [0.05, 0.1) is 20.1 Å². The van der Waals surface area contributed by atoms with Gasteiger partial charge < -0.3 is 20.1 Å². The van der Waals surface area contributed by atoms with Crippen molar-refractivity contribution in [2.75, 3.05) is 19.5 Å². The van der Waals surface area contributed by atoms with Crippen LogP contribution in [0.1, 0.15) is 43.7 Å². The largest absolute Gasteiger partial charge is 0.497 e. The summed E-state index contributed by atoms with van der Waals surface area (Å²) < 4.78 is 11.1. The van der Waals surface area contributed by atoms with Crippen molar-refractivity contribution in [3.05, 3.63) is 70.2 Å². The lowest BCUT2D eigenvalue weighted by atomic mass is 9.72. The van der Waals surface area contributed by atoms with Crippen molar-refractivity contribution in [1.82, 2.24) is 10.3 Å². The highest BCUT2D eigenvalue weighted by molar-refractivity contribution is 6.09. The topological polar surface area (TPSA) is 89.6 Å². The Balaban J connectivity index is 1.86. The molecule has 4 rings (SSSR count). The predicted molar refractivity (Wildman–Crippen MR) is 126 cm³/mol. The summed E-state index contributed by atoms with van der Waals surface area (Å²) >= 11 is 0. The number of nitrogens with zero attached hydrogens (tertiary/aromatic N) is 1. The first-order valence-electron chi connectivity index (χ1n) is 11.0. The summed E-state index contributed by atoms with van der Waals surface area (Å²) in [5.41, 5.74) is 4.37. The number of hydrogen-bond donors (Lipinski definition) is 2. The van der Waals surface area contributed by atoms with Gasteiger partial charge in [-0.05, 0) is 56.0 Å². The van der Waals surface area contributed by atoms with Crippen molar-refractivity contribution in [1.29, 1.82) is 0 Å². The SMILES string of the molecule is COc1ccc(OC)c([C@@H]2C(C(=O)Nc3ccc(C)cn3)=C(C)NC3=C2C(=O)C[C@H](C)C3)c1. The Kier molecular flexibility index (Phi) is 6.22. The molecule has 0 bridgehead atoms. The van der Waals surface area contributed by atoms with Gasteiger partial charge in [-0.1, -0.05) is 13.0 Å². The van der Waals surface area contributed by atoms with Crippen LogP contribution in [0.4, 0.5) is 5.82 Å². The molecule has 33 heavy (non-hydrogen) atoms. The minimum atomic E-state index is -0.586. The maximum absolute atomic E-state index is 13.6. The fourth-order valence-corrected chi connectivity index (χ4v) is 4.64. The highest BCUT2D eigenvalue weighted by Gasteiger charge is 2.41. The number of hydrogen-bond acceptors (Lipinski definition) is 6. The second kappa shape index (κ2) is 9.10. The van der Waals surface area contributed by atoms with Gasteiger partial charge in [0.25, 0.3) is 5.91 Å². The van der Waals surface area contributed by atoms with Gasteiger partial charge in [-0.3, -0.25) is 9.59 Å². The van der Waals surface area contributed by atoms with E-state index in [4.69, 9.17) is 9.47 Å². The van der Waals surface area contributed by atoms with Crippen molar-refractivity contribution in [2.24, 2.45) is 5.92 Å². The molecular weight excluding hydrogens is 418 g/mol. The number of pyridine rings is 1. The third kappa shape index (κ3) is 4.35. The van der Waals surface area contributed by atoms with Crippen LogP contribution < -0.4 is 20.1 Å². The molecule has 0 radical (unpaired) electrons. The van der Waals surface area contributed by atoms with Gasteiger partial charge in [0, 0.05) is 40.7 Å². The average molecular weight is 448 g/mol. The third-order valence-corrected chi connectivity index (χ3v) is 6.18. The normalized spacial score (nSPS) is 20.2. The maximum Gasteiger partial charge on any atom is 0.255 e. The van der Waals surface area contributed by atoms with Crippen molar-refractivity contribution >= 4 is 17.5 Å². The fourth-order valence-electron chi connectivity index (χ4n) is 4.64. The summed E-state index contributed by atoms with van der Waals surface area (Å²) in [4.78, 5) is 31.2. The first kappa shape index (κ1) is 22.6. The monoisotopic (exact) mass is 447 g/mol. The summed E-state index contributed by atoms with van der Waals surface area (Å²) in [6.45, 7) is 5.87. The van der Waals surface area contributed by atoms with E-state index in [1.54, 1.807) is 38.6 Å². The van der Waals surface area contributed by atoms with E-state index < -0.39 is 5.92 Å². The van der Waals surface area contributed by atoms with Crippen LogP contribution >= 0.6 is 0 Å². The molecule has 172 valence electrons. The number of methoxy groups -OCH3 is 2. The number of dihydropyridines is 1. The van der Waals surface area contributed by atoms with Crippen LogP contribution in [0.15, 0.2) is 59.1 Å². The van der Waals surface area contributed by atoms with E-state index in [0.29, 0.717) is 40.6 Å². The molecule has 2 atom stereocenters. The Morgan fingerprint density at radius 2 is 1.91 bits per heavy atom. The number of benzene rings is 1. The Bertz CT molecular complexity index is 1160. The lowest BCUT2D eigenvalue weighted by Crippen LogP contribution is -2.37. The van der Waals surface area contributed by atoms with E-state index in [1.165, 1.54) is 0 Å². The van der Waals surface area contributed by atoms with Gasteiger partial charge in [-0.2, -0.15) is 0 Å². The number of aromatic nitrogens is 1. The molecule has 0 saturated carbocycles. The standard InChI is InChI=1S/C26H29N3O4/c1-14-6-9-22(27-13-14)29-26(31)23-16(3)28-19-10-15(2)11-20(30)25(19)24(23)18-12-17(32-4)7-8-21(18)33-5/h6-9,12-13,15,24,28H,10-11H2,1-5H3,(H,27,29,31)/t15-,24-/m1/s1. The number of allylic oxidation sites excluding steroid dienone is 3. The lowest BCUT2D eigenvalue weighted by molar-refractivity contribution is -0.117. The number of anilines is 1. The van der Waals surface area contributed by atoms with Crippen molar-refractivity contribution in [3.63, 3.8) is 0 Å². The summed E-state index contributed by atoms with van der Waals surface area (Å²) in [5, 5.41) is 6.26. The molecule has 2 heterocycles. The number of carbonyl (C=O) groups excluding carboxylic acids is 2. The van der Waals surface area contributed by atoms with Crippen molar-refractivity contribution in [3.8, 4) is 11.5 Å². The quantitative estimate of drug-likeness (QED) is 0.712. The minimum Gasteiger partial charge on any atom is -0.497 e. The Morgan fingerprint density at radius 3 is 2.58 bits per heavy atom. The van der Waals surface area contributed by atoms with Gasteiger partial charge in [-0.15, -0.1) is 0 Å². The molecule has 1 aromatic carbocycles. The van der Waals surface area contributed by atoms with E-state index in [2.05, 4.69) is 22.5 Å². The zero-order valence-corrected chi connectivity index (χ0v) is 19.6. The van der Waals surface area contributed by atoms with Crippen LogP contribution in [0, 0.1) is 12.8 Å². The second-order valence-electron chi connectivity index (χ2n) is 8.71. The number of nitrogens with one attached hydrogen (secondary N) is 2. The molecular formula is C26H29N3O4. The molecule has 1 amide bonds. The molecule has 0 fully saturated rings. The van der Waals surface area contributed by atoms with Gasteiger partial charge >= 0.3 is 0 Å². The number of ketones is 1. The highest BCUT2D eigenvalue weighted by Crippen LogP contribution is 2.46. The number of ether oxygens (including phenoxy) is 2. The zero-order valence-electron chi connectivity index (χ0n) is 19.6. The molecule has 7 nitrogen and oxygen atoms in total. The van der Waals surface area contributed by atoms with Crippen molar-refractivity contribution in [2.45, 2.75) is 39.5 Å². The fraction of sp³-hybridized carbons (Fsp3) is 0.346. The number of amides is 1. The van der Waals surface area contributed by atoms with Crippen LogP contribution in [0.5, 0.6) is 11.5 Å². The molecule has 0 unspecified atom stereocenters. The zero-order chi connectivity index (χ0) is 23.7. The summed E-state index contributed by atoms with van der Waals surface area (Å²) in [7, 11) is 3.17. The first-order valence-corrected chi connectivity index (χ1v) is 11.0. The molecule has 0 spiro atoms. The first-order chi connectivity index (χ1) is 15.8. The Labute approximate surface area is 193 Å². The second-order valence-corrected chi connectivity index (χ2v) is 8.71. The molecule has 0 saturated heterocycles. The third-order valence-electron chi connectivity index (χ3n) is 6.18. The summed E-state index contributed by atoms with van der Waals surface area (Å²) in [6.07, 6.45) is 2.89. The van der Waals surface area contributed by atoms with Crippen LogP contribution in [0.2, 0.25) is 0 Å². The van der Waals surface area contributed by atoms with Gasteiger partial charge in [0.1, 0.15) is 17.3 Å². The summed E-state index contributed by atoms with van der Waals surface area (Å²) in [6, 6.07) is 9.10. The summed E-state index contributed by atoms with van der Waals surface area (Å²) in [5.74, 6) is 1.04. The van der Waals surface area contributed by atoms with Gasteiger partial charge in [0.15, 0.2) is 5.78 Å². The molecule has 1 aliphatic heterocycles. The molecule has 2 N–H and O–H groups in total. The Hall–Kier alpha value is -3.61. The molecule has 2 aromatic rings. The Morgan fingerprint density at radius 1 is 1.12 bits per heavy atom. The number of rotatable bonds is 5. The van der Waals surface area contributed by atoms with E-state index in [0.717, 1.165) is 23.2 Å². The highest BCUT2D eigenvalue weighted by atomic mass is 16.5. The molecule has 7 heteroatoms. The number of carbonyl (C=O) groups is 2. The van der Waals surface area contributed by atoms with Crippen LogP contribution in [0.3, 0.4) is 0 Å². The maximum atomic E-state index is 13.6. The van der Waals surface area contributed by atoms with Crippen LogP contribution in [-0.4, -0.2) is 30.9 Å². The van der Waals surface area contributed by atoms with Gasteiger partial charge in [0.2, 0.25) is 0 Å². The lowest BCUT2D eigenvalue weighted by Gasteiger charge is -2.36. The predicted octanol–water partition coefficient (Wildman–Crippen LogP) is 4.26. The number of Topliss-reactive ketones (excluding diaryl/α,β-unsaturated/α-hetero) is 1. The van der Waals surface area contributed by atoms with Crippen LogP contribution in [0.25, 0.3) is 0 Å². The molecule has 1 aromatic heterocycles. The van der Waals surface area contributed by atoms with E-state index in [9.17, 15) is 9.59 Å². The van der Waals surface area contributed by atoms with Gasteiger partial charge in [-0.25, -0.2) is 4.98 Å².